The van der Waals surface area contributed by atoms with Gasteiger partial charge < -0.3 is 19.3 Å². The van der Waals surface area contributed by atoms with Crippen LogP contribution in [0.15, 0.2) is 60.7 Å². The Kier molecular flexibility index (Phi) is 11.0. The normalized spacial score (nSPS) is 12.9. The first kappa shape index (κ1) is 30.4. The van der Waals surface area contributed by atoms with Crippen molar-refractivity contribution in [2.24, 2.45) is 0 Å². The molecule has 0 fully saturated rings. The van der Waals surface area contributed by atoms with Crippen LogP contribution in [0.2, 0.25) is 0 Å². The van der Waals surface area contributed by atoms with E-state index in [0.29, 0.717) is 39.6 Å². The molecule has 0 aliphatic heterocycles. The van der Waals surface area contributed by atoms with Gasteiger partial charge in [-0.1, -0.05) is 59.8 Å². The number of rotatable bonds is 15. The number of aryl methyl sites for hydroxylation is 2. The van der Waals surface area contributed by atoms with E-state index in [4.69, 9.17) is 14.2 Å². The van der Waals surface area contributed by atoms with Gasteiger partial charge in [0.1, 0.15) is 5.52 Å². The molecule has 218 valence electrons. The molecule has 0 saturated carbocycles. The molecule has 0 radical (unpaired) electrons. The third-order valence-corrected chi connectivity index (χ3v) is 7.33. The molecule has 0 aliphatic rings. The van der Waals surface area contributed by atoms with Crippen molar-refractivity contribution in [1.82, 2.24) is 15.0 Å². The number of aliphatic hydroxyl groups excluding tert-OH is 1. The Balaban J connectivity index is 1.41. The molecule has 0 aliphatic carbocycles. The zero-order chi connectivity index (χ0) is 29.2. The van der Waals surface area contributed by atoms with Gasteiger partial charge in [-0.15, -0.1) is 5.10 Å². The number of nitrogens with zero attached hydrogens (tertiary/aromatic N) is 3. The highest BCUT2D eigenvalue weighted by Gasteiger charge is 2.24. The molecule has 4 rings (SSSR count). The van der Waals surface area contributed by atoms with E-state index in [1.807, 2.05) is 74.0 Å². The van der Waals surface area contributed by atoms with Crippen molar-refractivity contribution in [2.75, 3.05) is 26.4 Å². The van der Waals surface area contributed by atoms with E-state index in [2.05, 4.69) is 22.4 Å². The van der Waals surface area contributed by atoms with E-state index >= 15 is 0 Å². The molecule has 41 heavy (non-hydrogen) atoms. The minimum Gasteiger partial charge on any atom is -0.466 e. The number of hydrogen-bond acceptors (Lipinski definition) is 7. The van der Waals surface area contributed by atoms with Crippen LogP contribution in [0.25, 0.3) is 11.0 Å². The summed E-state index contributed by atoms with van der Waals surface area (Å²) < 4.78 is 18.7. The van der Waals surface area contributed by atoms with Gasteiger partial charge in [-0.3, -0.25) is 4.79 Å². The maximum Gasteiger partial charge on any atom is 0.306 e. The number of carbonyl (C=O) groups excluding carboxylic acids is 1. The van der Waals surface area contributed by atoms with Gasteiger partial charge in [0.05, 0.1) is 44.4 Å². The summed E-state index contributed by atoms with van der Waals surface area (Å²) >= 11 is 0. The third kappa shape index (κ3) is 8.00. The van der Waals surface area contributed by atoms with Crippen LogP contribution in [0.4, 0.5) is 0 Å². The molecule has 1 N–H and O–H groups in total. The van der Waals surface area contributed by atoms with Crippen LogP contribution in [-0.4, -0.2) is 52.5 Å². The lowest BCUT2D eigenvalue weighted by molar-refractivity contribution is -0.143. The second kappa shape index (κ2) is 14.9. The number of fused-ring (bicyclic) bond motifs is 1. The Labute approximate surface area is 242 Å². The monoisotopic (exact) mass is 559 g/mol. The Morgan fingerprint density at radius 1 is 0.976 bits per heavy atom. The summed E-state index contributed by atoms with van der Waals surface area (Å²) in [6.07, 6.45) is 0.413. The lowest BCUT2D eigenvalue weighted by Gasteiger charge is -2.21. The summed E-state index contributed by atoms with van der Waals surface area (Å²) in [6, 6.07) is 20.2. The van der Waals surface area contributed by atoms with Crippen molar-refractivity contribution >= 4 is 17.0 Å². The Hall–Kier alpha value is -3.59. The predicted octanol–water partition coefficient (Wildman–Crippen LogP) is 5.81. The van der Waals surface area contributed by atoms with Crippen LogP contribution < -0.4 is 0 Å². The average Bonchev–Trinajstić information content (AvgIpc) is 3.38. The summed E-state index contributed by atoms with van der Waals surface area (Å²) in [7, 11) is 0. The fourth-order valence-electron chi connectivity index (χ4n) is 5.13. The molecule has 1 heterocycles. The molecule has 8 heteroatoms. The van der Waals surface area contributed by atoms with Crippen molar-refractivity contribution in [1.29, 1.82) is 0 Å². The third-order valence-electron chi connectivity index (χ3n) is 7.33. The maximum absolute atomic E-state index is 12.6. The van der Waals surface area contributed by atoms with E-state index in [1.54, 1.807) is 6.92 Å². The molecular weight excluding hydrogens is 518 g/mol. The molecule has 0 bridgehead atoms. The molecule has 8 nitrogen and oxygen atoms in total. The standard InChI is InChI=1S/C33H41N3O5/c1-5-41-32(38)21-30(27-13-12-23(2)29(20-27)25(4)37)28-14-15-31-33(24(28)3)34-35-36(31)16-19-39-17-9-18-40-22-26-10-7-6-8-11-26/h6-8,10-15,20,25,30,37H,5,9,16-19,21-22H2,1-4H3. The van der Waals surface area contributed by atoms with Crippen LogP contribution in [0, 0.1) is 13.8 Å². The molecular formula is C33H41N3O5. The van der Waals surface area contributed by atoms with Crippen LogP contribution in [0.3, 0.4) is 0 Å². The van der Waals surface area contributed by atoms with Gasteiger partial charge in [0.2, 0.25) is 0 Å². The number of benzene rings is 3. The van der Waals surface area contributed by atoms with E-state index in [9.17, 15) is 9.90 Å². The minimum atomic E-state index is -0.606. The fraction of sp³-hybridized carbons (Fsp3) is 0.424. The summed E-state index contributed by atoms with van der Waals surface area (Å²) in [5.74, 6) is -0.503. The number of esters is 1. The Morgan fingerprint density at radius 3 is 2.51 bits per heavy atom. The zero-order valence-corrected chi connectivity index (χ0v) is 24.5. The lowest BCUT2D eigenvalue weighted by Crippen LogP contribution is -2.14. The molecule has 0 saturated heterocycles. The Morgan fingerprint density at radius 2 is 1.76 bits per heavy atom. The second-order valence-corrected chi connectivity index (χ2v) is 10.3. The Bertz CT molecular complexity index is 1420. The SMILES string of the molecule is CCOC(=O)CC(c1ccc(C)c(C(C)O)c1)c1ccc2c(nnn2CCOCCCOCc2ccccc2)c1C. The number of aromatic nitrogens is 3. The molecule has 4 aromatic rings. The largest absolute Gasteiger partial charge is 0.466 e. The first-order chi connectivity index (χ1) is 19.9. The molecule has 3 aromatic carbocycles. The predicted molar refractivity (Wildman–Crippen MR) is 159 cm³/mol. The zero-order valence-electron chi connectivity index (χ0n) is 24.5. The molecule has 0 spiro atoms. The van der Waals surface area contributed by atoms with Crippen LogP contribution >= 0.6 is 0 Å². The summed E-state index contributed by atoms with van der Waals surface area (Å²) in [4.78, 5) is 12.6. The number of hydrogen-bond donors (Lipinski definition) is 1. The topological polar surface area (TPSA) is 95.7 Å². The highest BCUT2D eigenvalue weighted by Crippen LogP contribution is 2.35. The van der Waals surface area contributed by atoms with E-state index in [0.717, 1.165) is 45.3 Å². The van der Waals surface area contributed by atoms with Gasteiger partial charge in [0, 0.05) is 19.1 Å². The van der Waals surface area contributed by atoms with E-state index in [-0.39, 0.29) is 18.3 Å². The van der Waals surface area contributed by atoms with Crippen molar-refractivity contribution in [3.05, 3.63) is 94.0 Å². The van der Waals surface area contributed by atoms with Crippen molar-refractivity contribution < 1.29 is 24.1 Å². The number of ether oxygens (including phenoxy) is 3. The van der Waals surface area contributed by atoms with Gasteiger partial charge in [0.25, 0.3) is 0 Å². The van der Waals surface area contributed by atoms with Crippen molar-refractivity contribution in [3.8, 4) is 0 Å². The fourth-order valence-corrected chi connectivity index (χ4v) is 5.13. The van der Waals surface area contributed by atoms with E-state index in [1.165, 1.54) is 5.56 Å². The summed E-state index contributed by atoms with van der Waals surface area (Å²) in [6.45, 7) is 10.9. The number of aliphatic hydroxyl groups is 1. The first-order valence-corrected chi connectivity index (χ1v) is 14.3. The quantitative estimate of drug-likeness (QED) is 0.145. The smallest absolute Gasteiger partial charge is 0.306 e. The highest BCUT2D eigenvalue weighted by atomic mass is 16.5. The van der Waals surface area contributed by atoms with Crippen molar-refractivity contribution in [3.63, 3.8) is 0 Å². The average molecular weight is 560 g/mol. The molecule has 2 unspecified atom stereocenters. The van der Waals surface area contributed by atoms with Crippen LogP contribution in [-0.2, 0) is 32.2 Å². The molecule has 2 atom stereocenters. The second-order valence-electron chi connectivity index (χ2n) is 10.3. The minimum absolute atomic E-state index is 0.194. The van der Waals surface area contributed by atoms with Crippen LogP contribution in [0.1, 0.15) is 72.1 Å². The summed E-state index contributed by atoms with van der Waals surface area (Å²) in [5, 5.41) is 19.2. The number of carbonyl (C=O) groups is 1. The highest BCUT2D eigenvalue weighted by molar-refractivity contribution is 5.80. The first-order valence-electron chi connectivity index (χ1n) is 14.3. The van der Waals surface area contributed by atoms with Crippen LogP contribution in [0.5, 0.6) is 0 Å². The van der Waals surface area contributed by atoms with Gasteiger partial charge in [-0.25, -0.2) is 4.68 Å². The molecule has 0 amide bonds. The maximum atomic E-state index is 12.6. The van der Waals surface area contributed by atoms with E-state index < -0.39 is 6.10 Å². The van der Waals surface area contributed by atoms with Gasteiger partial charge in [-0.2, -0.15) is 0 Å². The lowest BCUT2D eigenvalue weighted by atomic mass is 9.84. The van der Waals surface area contributed by atoms with Crippen molar-refractivity contribution in [2.45, 2.75) is 65.7 Å². The van der Waals surface area contributed by atoms with Gasteiger partial charge in [0.15, 0.2) is 0 Å². The van der Waals surface area contributed by atoms with Gasteiger partial charge in [-0.05, 0) is 73.6 Å². The summed E-state index contributed by atoms with van der Waals surface area (Å²) in [5.41, 5.74) is 7.66. The van der Waals surface area contributed by atoms with Gasteiger partial charge >= 0.3 is 5.97 Å². The molecule has 1 aromatic heterocycles.